The Balaban J connectivity index is 1.70. The molecule has 4 rings (SSSR count). The molecular formula is C19H17Cl2N3O3S2. The lowest BCUT2D eigenvalue weighted by Crippen LogP contribution is -2.13. The Labute approximate surface area is 182 Å². The van der Waals surface area contributed by atoms with Gasteiger partial charge in [-0.2, -0.15) is 0 Å². The second-order valence-corrected chi connectivity index (χ2v) is 10.0. The number of anilines is 1. The lowest BCUT2D eigenvalue weighted by Gasteiger charge is -2.21. The summed E-state index contributed by atoms with van der Waals surface area (Å²) in [6, 6.07) is 9.76. The summed E-state index contributed by atoms with van der Waals surface area (Å²) >= 11 is 13.2. The smallest absolute Gasteiger partial charge is 0.263 e. The van der Waals surface area contributed by atoms with Crippen molar-refractivity contribution in [2.24, 2.45) is 0 Å². The van der Waals surface area contributed by atoms with Crippen LogP contribution in [0.5, 0.6) is 0 Å². The molecule has 152 valence electrons. The molecule has 29 heavy (non-hydrogen) atoms. The van der Waals surface area contributed by atoms with Gasteiger partial charge in [0.05, 0.1) is 20.6 Å². The number of ether oxygens (including phenoxy) is 1. The van der Waals surface area contributed by atoms with Crippen LogP contribution in [0.2, 0.25) is 10.0 Å². The van der Waals surface area contributed by atoms with Crippen LogP contribution in [-0.2, 0) is 14.8 Å². The molecule has 0 bridgehead atoms. The minimum absolute atomic E-state index is 0.0223. The Morgan fingerprint density at radius 3 is 2.59 bits per heavy atom. The summed E-state index contributed by atoms with van der Waals surface area (Å²) in [5, 5.41) is 0.753. The van der Waals surface area contributed by atoms with Gasteiger partial charge in [0.1, 0.15) is 5.69 Å². The number of sulfonamides is 1. The van der Waals surface area contributed by atoms with Gasteiger partial charge in [-0.1, -0.05) is 29.3 Å². The van der Waals surface area contributed by atoms with Gasteiger partial charge < -0.3 is 4.74 Å². The maximum Gasteiger partial charge on any atom is 0.263 e. The fourth-order valence-electron chi connectivity index (χ4n) is 3.12. The molecule has 10 heteroatoms. The van der Waals surface area contributed by atoms with Crippen molar-refractivity contribution < 1.29 is 13.2 Å². The number of aromatic nitrogens is 2. The van der Waals surface area contributed by atoms with Gasteiger partial charge in [-0.25, -0.2) is 13.4 Å². The Morgan fingerprint density at radius 2 is 1.90 bits per heavy atom. The molecule has 0 saturated carbocycles. The summed E-state index contributed by atoms with van der Waals surface area (Å²) in [5.41, 5.74) is 1.42. The molecule has 0 aliphatic carbocycles. The summed E-state index contributed by atoms with van der Waals surface area (Å²) in [7, 11) is -3.86. The molecule has 2 aromatic heterocycles. The highest BCUT2D eigenvalue weighted by Crippen LogP contribution is 2.40. The van der Waals surface area contributed by atoms with Crippen molar-refractivity contribution in [1.29, 1.82) is 0 Å². The van der Waals surface area contributed by atoms with E-state index in [0.717, 1.165) is 17.7 Å². The first-order valence-electron chi connectivity index (χ1n) is 8.92. The van der Waals surface area contributed by atoms with Crippen molar-refractivity contribution >= 4 is 49.7 Å². The fraction of sp³-hybridized carbons (Fsp3) is 0.263. The zero-order valence-electron chi connectivity index (χ0n) is 15.1. The van der Waals surface area contributed by atoms with Gasteiger partial charge in [-0.15, -0.1) is 11.3 Å². The number of nitrogens with zero attached hydrogens (tertiary/aromatic N) is 2. The second-order valence-electron chi connectivity index (χ2n) is 6.51. The summed E-state index contributed by atoms with van der Waals surface area (Å²) in [6.45, 7) is 1.35. The average molecular weight is 470 g/mol. The minimum Gasteiger partial charge on any atom is -0.381 e. The van der Waals surface area contributed by atoms with Crippen LogP contribution in [0, 0.1) is 0 Å². The van der Waals surface area contributed by atoms with Gasteiger partial charge >= 0.3 is 0 Å². The summed E-state index contributed by atoms with van der Waals surface area (Å²) < 4.78 is 33.7. The number of benzene rings is 1. The number of nitrogens with one attached hydrogen (secondary N) is 1. The molecule has 3 aromatic rings. The zero-order valence-corrected chi connectivity index (χ0v) is 18.3. The summed E-state index contributed by atoms with van der Waals surface area (Å²) in [4.78, 5) is 10.0. The first kappa shape index (κ1) is 20.6. The number of thiazole rings is 1. The molecule has 3 heterocycles. The van der Waals surface area contributed by atoms with E-state index >= 15 is 0 Å². The predicted octanol–water partition coefficient (Wildman–Crippen LogP) is 5.21. The molecule has 0 spiro atoms. The maximum atomic E-state index is 12.8. The van der Waals surface area contributed by atoms with E-state index < -0.39 is 10.0 Å². The molecule has 0 radical (unpaired) electrons. The number of hydrogen-bond acceptors (Lipinski definition) is 6. The lowest BCUT2D eigenvalue weighted by atomic mass is 9.96. The number of pyridine rings is 1. The van der Waals surface area contributed by atoms with Crippen LogP contribution in [0.4, 0.5) is 5.13 Å². The summed E-state index contributed by atoms with van der Waals surface area (Å²) in [5.74, 6) is 0.251. The Morgan fingerprint density at radius 1 is 1.10 bits per heavy atom. The van der Waals surface area contributed by atoms with Crippen LogP contribution in [0.1, 0.15) is 23.6 Å². The van der Waals surface area contributed by atoms with Gasteiger partial charge in [0.25, 0.3) is 10.0 Å². The Kier molecular flexibility index (Phi) is 6.08. The van der Waals surface area contributed by atoms with Crippen molar-refractivity contribution in [2.75, 3.05) is 17.9 Å². The topological polar surface area (TPSA) is 81.2 Å². The SMILES string of the molecule is O=S(=O)(Nc1nc(-c2ccccn2)c(C2CCOCC2)s1)c1ccc(Cl)c(Cl)c1. The van der Waals surface area contributed by atoms with Gasteiger partial charge in [-0.3, -0.25) is 9.71 Å². The van der Waals surface area contributed by atoms with Gasteiger partial charge in [0.15, 0.2) is 5.13 Å². The number of hydrogen-bond donors (Lipinski definition) is 1. The average Bonchev–Trinajstić information content (AvgIpc) is 3.14. The molecule has 1 aliphatic heterocycles. The molecule has 1 aromatic carbocycles. The van der Waals surface area contributed by atoms with E-state index in [9.17, 15) is 8.42 Å². The van der Waals surface area contributed by atoms with Crippen molar-refractivity contribution in [3.8, 4) is 11.4 Å². The highest BCUT2D eigenvalue weighted by Gasteiger charge is 2.26. The highest BCUT2D eigenvalue weighted by atomic mass is 35.5. The molecule has 1 aliphatic rings. The molecule has 1 N–H and O–H groups in total. The third-order valence-electron chi connectivity index (χ3n) is 4.58. The van der Waals surface area contributed by atoms with Crippen molar-refractivity contribution in [1.82, 2.24) is 9.97 Å². The first-order chi connectivity index (χ1) is 13.9. The van der Waals surface area contributed by atoms with E-state index in [2.05, 4.69) is 14.7 Å². The molecular weight excluding hydrogens is 453 g/mol. The predicted molar refractivity (Wildman–Crippen MR) is 115 cm³/mol. The monoisotopic (exact) mass is 469 g/mol. The van der Waals surface area contributed by atoms with Crippen LogP contribution in [-0.4, -0.2) is 31.6 Å². The highest BCUT2D eigenvalue weighted by molar-refractivity contribution is 7.93. The molecule has 1 saturated heterocycles. The first-order valence-corrected chi connectivity index (χ1v) is 12.0. The van der Waals surface area contributed by atoms with E-state index in [1.54, 1.807) is 6.20 Å². The number of halogens is 2. The van der Waals surface area contributed by atoms with E-state index in [-0.39, 0.29) is 15.8 Å². The van der Waals surface area contributed by atoms with Crippen molar-refractivity contribution in [2.45, 2.75) is 23.7 Å². The van der Waals surface area contributed by atoms with Crippen molar-refractivity contribution in [3.05, 3.63) is 57.5 Å². The van der Waals surface area contributed by atoms with Crippen molar-refractivity contribution in [3.63, 3.8) is 0 Å². The summed E-state index contributed by atoms with van der Waals surface area (Å²) in [6.07, 6.45) is 3.42. The third kappa shape index (κ3) is 4.57. The van der Waals surface area contributed by atoms with Gasteiger partial charge in [0.2, 0.25) is 0 Å². The van der Waals surface area contributed by atoms with Crippen LogP contribution < -0.4 is 4.72 Å². The molecule has 0 amide bonds. The molecule has 0 atom stereocenters. The standard InChI is InChI=1S/C19H17Cl2N3O3S2/c20-14-5-4-13(11-15(14)21)29(25,26)24-19-23-17(16-3-1-2-8-22-16)18(28-19)12-6-9-27-10-7-12/h1-5,8,11-12H,6-7,9-10H2,(H,23,24). The maximum absolute atomic E-state index is 12.8. The minimum atomic E-state index is -3.86. The zero-order chi connectivity index (χ0) is 20.4. The largest absolute Gasteiger partial charge is 0.381 e. The third-order valence-corrected chi connectivity index (χ3v) is 7.91. The molecule has 1 fully saturated rings. The quantitative estimate of drug-likeness (QED) is 0.554. The van der Waals surface area contributed by atoms with Gasteiger partial charge in [-0.05, 0) is 43.2 Å². The molecule has 0 unspecified atom stereocenters. The second kappa shape index (κ2) is 8.57. The van der Waals surface area contributed by atoms with E-state index in [1.807, 2.05) is 18.2 Å². The van der Waals surface area contributed by atoms with E-state index in [4.69, 9.17) is 27.9 Å². The van der Waals surface area contributed by atoms with Crippen LogP contribution in [0.15, 0.2) is 47.5 Å². The van der Waals surface area contributed by atoms with Crippen LogP contribution in [0.25, 0.3) is 11.4 Å². The number of rotatable bonds is 5. The fourth-order valence-corrected chi connectivity index (χ4v) is 5.88. The van der Waals surface area contributed by atoms with Crippen LogP contribution >= 0.6 is 34.5 Å². The van der Waals surface area contributed by atoms with E-state index in [1.165, 1.54) is 29.5 Å². The van der Waals surface area contributed by atoms with Gasteiger partial charge in [0, 0.05) is 30.2 Å². The Bertz CT molecular complexity index is 1110. The normalized spacial score (nSPS) is 15.4. The lowest BCUT2D eigenvalue weighted by molar-refractivity contribution is 0.0860. The van der Waals surface area contributed by atoms with E-state index in [0.29, 0.717) is 34.8 Å². The Hall–Kier alpha value is -1.71. The van der Waals surface area contributed by atoms with Crippen LogP contribution in [0.3, 0.4) is 0 Å². The molecule has 6 nitrogen and oxygen atoms in total.